The van der Waals surface area contributed by atoms with Crippen molar-refractivity contribution in [2.24, 2.45) is 17.3 Å². The minimum Gasteiger partial charge on any atom is -0.508 e. The highest BCUT2D eigenvalue weighted by atomic mass is 16.3. The second-order valence-corrected chi connectivity index (χ2v) is 10.3. The van der Waals surface area contributed by atoms with Crippen LogP contribution in [0.3, 0.4) is 0 Å². The molecule has 2 saturated heterocycles. The van der Waals surface area contributed by atoms with Crippen LogP contribution in [0.1, 0.15) is 42.4 Å². The summed E-state index contributed by atoms with van der Waals surface area (Å²) in [7, 11) is 0. The van der Waals surface area contributed by atoms with E-state index in [4.69, 9.17) is 0 Å². The van der Waals surface area contributed by atoms with E-state index in [0.717, 1.165) is 38.8 Å². The fourth-order valence-electron chi connectivity index (χ4n) is 8.74. The van der Waals surface area contributed by atoms with Crippen molar-refractivity contribution in [2.45, 2.75) is 56.1 Å². The monoisotopic (exact) mass is 400 g/mol. The molecule has 5 aliphatic rings. The van der Waals surface area contributed by atoms with Crippen LogP contribution in [0.5, 0.6) is 5.75 Å². The van der Waals surface area contributed by atoms with Crippen molar-refractivity contribution < 1.29 is 9.90 Å². The molecule has 6 atom stereocenters. The van der Waals surface area contributed by atoms with Crippen molar-refractivity contribution >= 4 is 5.91 Å². The van der Waals surface area contributed by atoms with Crippen molar-refractivity contribution in [1.29, 1.82) is 0 Å². The van der Waals surface area contributed by atoms with E-state index >= 15 is 0 Å². The van der Waals surface area contributed by atoms with Crippen LogP contribution in [-0.4, -0.2) is 34.5 Å². The van der Waals surface area contributed by atoms with E-state index in [1.54, 1.807) is 0 Å². The molecule has 4 fully saturated rings. The quantitative estimate of drug-likeness (QED) is 0.813. The van der Waals surface area contributed by atoms with Gasteiger partial charge in [-0.2, -0.15) is 0 Å². The summed E-state index contributed by atoms with van der Waals surface area (Å²) >= 11 is 0. The van der Waals surface area contributed by atoms with Crippen LogP contribution in [0.2, 0.25) is 0 Å². The largest absolute Gasteiger partial charge is 0.508 e. The number of rotatable bonds is 2. The Balaban J connectivity index is 1.39. The smallest absolute Gasteiger partial charge is 0.226 e. The van der Waals surface area contributed by atoms with Crippen LogP contribution in [0, 0.1) is 17.3 Å². The molecule has 4 bridgehead atoms. The Morgan fingerprint density at radius 1 is 1.13 bits per heavy atom. The van der Waals surface area contributed by atoms with E-state index < -0.39 is 0 Å². The van der Waals surface area contributed by atoms with E-state index in [1.165, 1.54) is 23.1 Å². The van der Waals surface area contributed by atoms with Crippen LogP contribution < -0.4 is 5.32 Å². The molecular weight excluding hydrogens is 372 g/mol. The van der Waals surface area contributed by atoms with Gasteiger partial charge in [0.25, 0.3) is 0 Å². The number of benzene rings is 2. The number of aromatic hydroxyl groups is 1. The number of phenolic OH excluding ortho intramolecular Hbond substituents is 1. The zero-order valence-corrected chi connectivity index (χ0v) is 17.2. The Morgan fingerprint density at radius 2 is 2.00 bits per heavy atom. The number of amides is 1. The van der Waals surface area contributed by atoms with Crippen molar-refractivity contribution in [2.75, 3.05) is 6.54 Å². The van der Waals surface area contributed by atoms with Gasteiger partial charge in [-0.1, -0.05) is 36.4 Å². The molecule has 2 aromatic rings. The van der Waals surface area contributed by atoms with E-state index in [1.807, 2.05) is 12.1 Å². The molecule has 3 aliphatic carbocycles. The maximum Gasteiger partial charge on any atom is 0.226 e. The Bertz CT molecular complexity index is 1050. The molecule has 0 radical (unpaired) electrons. The standard InChI is InChI=1S/C26H28N2O2/c29-18-7-6-17-12-22-25-9-8-21-23(26(25,10-11-27-22)20(17)13-18)19(14-25)24(30)28(21)15-16-4-2-1-3-5-16/h1-7,13,19,21-23,27,29H,8-12,14-15H2/t19-,21?,22?,23?,25?,26?/m0/s1. The van der Waals surface area contributed by atoms with Crippen LogP contribution in [0.25, 0.3) is 0 Å². The second-order valence-electron chi connectivity index (χ2n) is 10.3. The summed E-state index contributed by atoms with van der Waals surface area (Å²) in [6.07, 6.45) is 5.45. The maximum atomic E-state index is 13.7. The number of phenols is 1. The molecule has 7 rings (SSSR count). The highest BCUT2D eigenvalue weighted by Gasteiger charge is 2.76. The molecule has 4 heteroatoms. The summed E-state index contributed by atoms with van der Waals surface area (Å²) in [5, 5.41) is 14.3. The van der Waals surface area contributed by atoms with Crippen molar-refractivity contribution in [1.82, 2.24) is 10.2 Å². The Labute approximate surface area is 177 Å². The average Bonchev–Trinajstić information content (AvgIpc) is 3.13. The molecule has 0 spiro atoms. The third kappa shape index (κ3) is 1.86. The zero-order valence-electron chi connectivity index (χ0n) is 17.2. The normalized spacial score (nSPS) is 40.3. The van der Waals surface area contributed by atoms with Gasteiger partial charge in [-0.25, -0.2) is 0 Å². The summed E-state index contributed by atoms with van der Waals surface area (Å²) in [4.78, 5) is 16.0. The van der Waals surface area contributed by atoms with Gasteiger partial charge in [0.1, 0.15) is 5.75 Å². The fourth-order valence-corrected chi connectivity index (χ4v) is 8.74. The fraction of sp³-hybridized carbons (Fsp3) is 0.500. The van der Waals surface area contributed by atoms with E-state index in [2.05, 4.69) is 46.6 Å². The first-order chi connectivity index (χ1) is 14.6. The molecule has 2 saturated carbocycles. The number of likely N-dealkylation sites (tertiary alicyclic amines) is 1. The van der Waals surface area contributed by atoms with E-state index in [0.29, 0.717) is 29.7 Å². The SMILES string of the molecule is O=C1[C@H]2CC34CCC(C2C32CCNC4Cc3ccc(O)cc32)N1Cc1ccccc1. The Hall–Kier alpha value is -2.33. The number of nitrogens with one attached hydrogen (secondary N) is 1. The molecule has 2 N–H and O–H groups in total. The predicted octanol–water partition coefficient (Wildman–Crippen LogP) is 3.38. The number of nitrogens with zero attached hydrogens (tertiary/aromatic N) is 1. The molecule has 2 aromatic carbocycles. The Kier molecular flexibility index (Phi) is 3.28. The molecule has 30 heavy (non-hydrogen) atoms. The van der Waals surface area contributed by atoms with Crippen LogP contribution in [0.4, 0.5) is 0 Å². The highest BCUT2D eigenvalue weighted by molar-refractivity contribution is 5.84. The summed E-state index contributed by atoms with van der Waals surface area (Å²) < 4.78 is 0. The number of hydrogen-bond acceptors (Lipinski definition) is 3. The number of carbonyl (C=O) groups is 1. The maximum absolute atomic E-state index is 13.7. The molecule has 2 heterocycles. The van der Waals surface area contributed by atoms with Crippen molar-refractivity contribution in [3.8, 4) is 5.75 Å². The zero-order chi connectivity index (χ0) is 20.1. The number of piperidine rings is 1. The van der Waals surface area contributed by atoms with Crippen LogP contribution in [0.15, 0.2) is 48.5 Å². The van der Waals surface area contributed by atoms with Gasteiger partial charge < -0.3 is 15.3 Å². The lowest BCUT2D eigenvalue weighted by molar-refractivity contribution is -0.135. The van der Waals surface area contributed by atoms with Gasteiger partial charge in [0.2, 0.25) is 5.91 Å². The molecular formula is C26H28N2O2. The first kappa shape index (κ1) is 17.4. The van der Waals surface area contributed by atoms with Crippen LogP contribution >= 0.6 is 0 Å². The second kappa shape index (κ2) is 5.67. The van der Waals surface area contributed by atoms with Gasteiger partial charge in [-0.05, 0) is 72.9 Å². The van der Waals surface area contributed by atoms with Gasteiger partial charge >= 0.3 is 0 Å². The van der Waals surface area contributed by atoms with Gasteiger partial charge in [0, 0.05) is 35.9 Å². The Morgan fingerprint density at radius 3 is 2.87 bits per heavy atom. The summed E-state index contributed by atoms with van der Waals surface area (Å²) in [5.41, 5.74) is 4.18. The lowest BCUT2D eigenvalue weighted by Crippen LogP contribution is -2.68. The minimum absolute atomic E-state index is 0.0317. The average molecular weight is 401 g/mol. The highest BCUT2D eigenvalue weighted by Crippen LogP contribution is 2.74. The molecule has 0 aromatic heterocycles. The van der Waals surface area contributed by atoms with Crippen molar-refractivity contribution in [3.63, 3.8) is 0 Å². The summed E-state index contributed by atoms with van der Waals surface area (Å²) in [6, 6.07) is 17.3. The number of fused-ring (bicyclic) bond motifs is 1. The first-order valence-corrected chi connectivity index (χ1v) is 11.5. The van der Waals surface area contributed by atoms with Crippen LogP contribution in [-0.2, 0) is 23.2 Å². The molecule has 2 aliphatic heterocycles. The number of hydrogen-bond donors (Lipinski definition) is 2. The van der Waals surface area contributed by atoms with Gasteiger partial charge in [0.05, 0.1) is 0 Å². The first-order valence-electron chi connectivity index (χ1n) is 11.5. The van der Waals surface area contributed by atoms with Crippen molar-refractivity contribution in [3.05, 3.63) is 65.2 Å². The molecule has 1 amide bonds. The van der Waals surface area contributed by atoms with Gasteiger partial charge in [0.15, 0.2) is 0 Å². The van der Waals surface area contributed by atoms with Gasteiger partial charge in [-0.3, -0.25) is 4.79 Å². The lowest BCUT2D eigenvalue weighted by atomic mass is 9.44. The predicted molar refractivity (Wildman–Crippen MR) is 114 cm³/mol. The topological polar surface area (TPSA) is 52.6 Å². The third-order valence-corrected chi connectivity index (χ3v) is 9.55. The molecule has 154 valence electrons. The number of carbonyl (C=O) groups excluding carboxylic acids is 1. The summed E-state index contributed by atoms with van der Waals surface area (Å²) in [6.45, 7) is 1.75. The molecule has 4 nitrogen and oxygen atoms in total. The minimum atomic E-state index is 0.0317. The lowest BCUT2D eigenvalue weighted by Gasteiger charge is -2.64. The van der Waals surface area contributed by atoms with E-state index in [-0.39, 0.29) is 16.7 Å². The summed E-state index contributed by atoms with van der Waals surface area (Å²) in [5.74, 6) is 1.27. The third-order valence-electron chi connectivity index (χ3n) is 9.55. The molecule has 5 unspecified atom stereocenters. The van der Waals surface area contributed by atoms with Gasteiger partial charge in [-0.15, -0.1) is 0 Å². The van der Waals surface area contributed by atoms with E-state index in [9.17, 15) is 9.90 Å².